The van der Waals surface area contributed by atoms with Gasteiger partial charge in [0, 0.05) is 20.2 Å². The van der Waals surface area contributed by atoms with Crippen molar-refractivity contribution in [3.8, 4) is 0 Å². The second-order valence-electron chi connectivity index (χ2n) is 4.11. The number of amides is 1. The molecule has 18 heavy (non-hydrogen) atoms. The Morgan fingerprint density at radius 3 is 2.39 bits per heavy atom. The summed E-state index contributed by atoms with van der Waals surface area (Å²) in [5.41, 5.74) is 0.352. The average molecular weight is 290 g/mol. The number of carbonyl (C=O) groups excluding carboxylic acids is 1. The van der Waals surface area contributed by atoms with Crippen LogP contribution in [-0.4, -0.2) is 36.1 Å². The smallest absolute Gasteiger partial charge is 0.256 e. The molecule has 0 heterocycles. The van der Waals surface area contributed by atoms with Gasteiger partial charge in [0.05, 0.1) is 15.6 Å². The van der Waals surface area contributed by atoms with E-state index < -0.39 is 0 Å². The SMILES string of the molecule is CN(CCCCCO)C(=O)c1c(Cl)cccc1Cl. The minimum Gasteiger partial charge on any atom is -0.396 e. The largest absolute Gasteiger partial charge is 0.396 e. The number of aliphatic hydroxyl groups excluding tert-OH is 1. The van der Waals surface area contributed by atoms with Crippen LogP contribution >= 0.6 is 23.2 Å². The zero-order valence-electron chi connectivity index (χ0n) is 10.3. The predicted molar refractivity (Wildman–Crippen MR) is 74.4 cm³/mol. The van der Waals surface area contributed by atoms with E-state index in [9.17, 15) is 4.79 Å². The zero-order chi connectivity index (χ0) is 13.5. The van der Waals surface area contributed by atoms with E-state index in [-0.39, 0.29) is 12.5 Å². The van der Waals surface area contributed by atoms with Gasteiger partial charge in [-0.1, -0.05) is 29.3 Å². The number of aliphatic hydroxyl groups is 1. The summed E-state index contributed by atoms with van der Waals surface area (Å²) in [6.45, 7) is 0.814. The first-order valence-electron chi connectivity index (χ1n) is 5.88. The first-order chi connectivity index (χ1) is 8.57. The molecule has 0 bridgehead atoms. The fraction of sp³-hybridized carbons (Fsp3) is 0.462. The molecule has 5 heteroatoms. The van der Waals surface area contributed by atoms with E-state index in [0.717, 1.165) is 19.3 Å². The third-order valence-corrected chi connectivity index (χ3v) is 3.30. The molecule has 0 aliphatic heterocycles. The second kappa shape index (κ2) is 7.62. The summed E-state index contributed by atoms with van der Waals surface area (Å²) in [6.07, 6.45) is 2.50. The Labute approximate surface area is 117 Å². The molecule has 1 amide bonds. The highest BCUT2D eigenvalue weighted by molar-refractivity contribution is 6.39. The van der Waals surface area contributed by atoms with Gasteiger partial charge in [-0.3, -0.25) is 4.79 Å². The molecule has 1 aromatic carbocycles. The minimum absolute atomic E-state index is 0.172. The van der Waals surface area contributed by atoms with Gasteiger partial charge in [0.15, 0.2) is 0 Å². The highest BCUT2D eigenvalue weighted by Crippen LogP contribution is 2.25. The number of halogens is 2. The molecule has 0 radical (unpaired) electrons. The van der Waals surface area contributed by atoms with Crippen LogP contribution in [0.4, 0.5) is 0 Å². The Morgan fingerprint density at radius 2 is 1.83 bits per heavy atom. The molecule has 1 N–H and O–H groups in total. The highest BCUT2D eigenvalue weighted by Gasteiger charge is 2.17. The van der Waals surface area contributed by atoms with E-state index in [1.165, 1.54) is 0 Å². The lowest BCUT2D eigenvalue weighted by atomic mass is 10.2. The van der Waals surface area contributed by atoms with Crippen molar-refractivity contribution in [2.75, 3.05) is 20.2 Å². The van der Waals surface area contributed by atoms with E-state index in [2.05, 4.69) is 0 Å². The Hall–Kier alpha value is -0.770. The molecule has 0 spiro atoms. The van der Waals surface area contributed by atoms with Crippen molar-refractivity contribution in [3.63, 3.8) is 0 Å². The van der Waals surface area contributed by atoms with Gasteiger partial charge in [-0.25, -0.2) is 0 Å². The maximum Gasteiger partial charge on any atom is 0.256 e. The molecular formula is C13H17Cl2NO2. The van der Waals surface area contributed by atoms with Crippen LogP contribution in [0.25, 0.3) is 0 Å². The third kappa shape index (κ3) is 4.16. The molecule has 0 saturated heterocycles. The summed E-state index contributed by atoms with van der Waals surface area (Å²) in [5, 5.41) is 9.42. The van der Waals surface area contributed by atoms with Crippen LogP contribution in [0.3, 0.4) is 0 Å². The summed E-state index contributed by atoms with van der Waals surface area (Å²) in [7, 11) is 1.72. The van der Waals surface area contributed by atoms with Crippen molar-refractivity contribution in [1.82, 2.24) is 4.90 Å². The number of hydrogen-bond acceptors (Lipinski definition) is 2. The summed E-state index contributed by atoms with van der Waals surface area (Å²) >= 11 is 12.0. The summed E-state index contributed by atoms with van der Waals surface area (Å²) in [5.74, 6) is -0.172. The van der Waals surface area contributed by atoms with Crippen LogP contribution < -0.4 is 0 Å². The summed E-state index contributed by atoms with van der Waals surface area (Å²) in [4.78, 5) is 13.8. The second-order valence-corrected chi connectivity index (χ2v) is 4.92. The Kier molecular flexibility index (Phi) is 6.47. The first-order valence-corrected chi connectivity index (χ1v) is 6.64. The van der Waals surface area contributed by atoms with Crippen LogP contribution in [0, 0.1) is 0 Å². The lowest BCUT2D eigenvalue weighted by molar-refractivity contribution is 0.0792. The number of hydrogen-bond donors (Lipinski definition) is 1. The lowest BCUT2D eigenvalue weighted by Gasteiger charge is -2.18. The topological polar surface area (TPSA) is 40.5 Å². The highest BCUT2D eigenvalue weighted by atomic mass is 35.5. The van der Waals surface area contributed by atoms with Gasteiger partial charge in [-0.15, -0.1) is 0 Å². The van der Waals surface area contributed by atoms with Crippen LogP contribution in [0.5, 0.6) is 0 Å². The molecular weight excluding hydrogens is 273 g/mol. The number of unbranched alkanes of at least 4 members (excludes halogenated alkanes) is 2. The molecule has 0 aliphatic carbocycles. The fourth-order valence-corrected chi connectivity index (χ4v) is 2.19. The molecule has 0 atom stereocenters. The standard InChI is InChI=1S/C13H17Cl2NO2/c1-16(8-3-2-4-9-17)13(18)12-10(14)6-5-7-11(12)15/h5-7,17H,2-4,8-9H2,1H3. The molecule has 0 saturated carbocycles. The van der Waals surface area contributed by atoms with Gasteiger partial charge in [0.2, 0.25) is 0 Å². The van der Waals surface area contributed by atoms with Gasteiger partial charge >= 0.3 is 0 Å². The van der Waals surface area contributed by atoms with Gasteiger partial charge in [-0.05, 0) is 31.4 Å². The van der Waals surface area contributed by atoms with Crippen molar-refractivity contribution >= 4 is 29.1 Å². The van der Waals surface area contributed by atoms with Crippen LogP contribution in [0.1, 0.15) is 29.6 Å². The predicted octanol–water partition coefficient (Wildman–Crippen LogP) is 3.23. The number of benzene rings is 1. The van der Waals surface area contributed by atoms with Gasteiger partial charge in [0.1, 0.15) is 0 Å². The quantitative estimate of drug-likeness (QED) is 0.817. The van der Waals surface area contributed by atoms with Gasteiger partial charge in [0.25, 0.3) is 5.91 Å². The maximum absolute atomic E-state index is 12.2. The van der Waals surface area contributed by atoms with E-state index >= 15 is 0 Å². The van der Waals surface area contributed by atoms with Crippen molar-refractivity contribution < 1.29 is 9.90 Å². The molecule has 0 fully saturated rings. The van der Waals surface area contributed by atoms with Crippen molar-refractivity contribution in [2.45, 2.75) is 19.3 Å². The Balaban J connectivity index is 2.63. The molecule has 1 aromatic rings. The number of rotatable bonds is 6. The van der Waals surface area contributed by atoms with E-state index in [0.29, 0.717) is 22.2 Å². The normalized spacial score (nSPS) is 10.4. The molecule has 1 rings (SSSR count). The van der Waals surface area contributed by atoms with Gasteiger partial charge < -0.3 is 10.0 Å². The maximum atomic E-state index is 12.2. The van der Waals surface area contributed by atoms with Crippen molar-refractivity contribution in [3.05, 3.63) is 33.8 Å². The zero-order valence-corrected chi connectivity index (χ0v) is 11.8. The summed E-state index contributed by atoms with van der Waals surface area (Å²) < 4.78 is 0. The molecule has 0 aromatic heterocycles. The molecule has 0 aliphatic rings. The van der Waals surface area contributed by atoms with E-state index in [1.54, 1.807) is 30.1 Å². The fourth-order valence-electron chi connectivity index (χ4n) is 1.63. The summed E-state index contributed by atoms with van der Waals surface area (Å²) in [6, 6.07) is 5.02. The lowest BCUT2D eigenvalue weighted by Crippen LogP contribution is -2.28. The van der Waals surface area contributed by atoms with Gasteiger partial charge in [-0.2, -0.15) is 0 Å². The van der Waals surface area contributed by atoms with E-state index in [1.807, 2.05) is 0 Å². The van der Waals surface area contributed by atoms with Crippen LogP contribution in [0.2, 0.25) is 10.0 Å². The number of carbonyl (C=O) groups is 1. The minimum atomic E-state index is -0.172. The molecule has 3 nitrogen and oxygen atoms in total. The average Bonchev–Trinajstić information content (AvgIpc) is 2.34. The number of nitrogens with zero attached hydrogens (tertiary/aromatic N) is 1. The van der Waals surface area contributed by atoms with Crippen molar-refractivity contribution in [2.24, 2.45) is 0 Å². The van der Waals surface area contributed by atoms with Crippen LogP contribution in [0.15, 0.2) is 18.2 Å². The molecule has 100 valence electrons. The first kappa shape index (κ1) is 15.3. The third-order valence-electron chi connectivity index (χ3n) is 2.67. The Morgan fingerprint density at radius 1 is 1.22 bits per heavy atom. The monoisotopic (exact) mass is 289 g/mol. The van der Waals surface area contributed by atoms with E-state index in [4.69, 9.17) is 28.3 Å². The van der Waals surface area contributed by atoms with Crippen molar-refractivity contribution in [1.29, 1.82) is 0 Å². The van der Waals surface area contributed by atoms with Crippen LogP contribution in [-0.2, 0) is 0 Å². The Bertz CT molecular complexity index is 390. The molecule has 0 unspecified atom stereocenters.